The Hall–Kier alpha value is -0.930. The van der Waals surface area contributed by atoms with E-state index in [1.54, 1.807) is 42.1 Å². The first-order chi connectivity index (χ1) is 9.69. The Morgan fingerprint density at radius 1 is 1.25 bits per heavy atom. The summed E-state index contributed by atoms with van der Waals surface area (Å²) in [6, 6.07) is 7.53. The third-order valence-corrected chi connectivity index (χ3v) is 4.49. The summed E-state index contributed by atoms with van der Waals surface area (Å²) in [7, 11) is 0. The summed E-state index contributed by atoms with van der Waals surface area (Å²) in [5.74, 6) is 0.0225. The van der Waals surface area contributed by atoms with Crippen LogP contribution in [0.1, 0.15) is 42.5 Å². The lowest BCUT2D eigenvalue weighted by Crippen LogP contribution is -2.29. The first-order valence-corrected chi connectivity index (χ1v) is 8.61. The monoisotopic (exact) mass is 309 g/mol. The lowest BCUT2D eigenvalue weighted by Gasteiger charge is -2.24. The van der Waals surface area contributed by atoms with E-state index in [1.807, 2.05) is 6.26 Å². The molecule has 0 unspecified atom stereocenters. The lowest BCUT2D eigenvalue weighted by molar-refractivity contribution is 0.104. The van der Waals surface area contributed by atoms with Crippen LogP contribution in [-0.2, 0) is 0 Å². The molecule has 1 fully saturated rings. The van der Waals surface area contributed by atoms with Gasteiger partial charge in [0.25, 0.3) is 0 Å². The first kappa shape index (κ1) is 15.5. The van der Waals surface area contributed by atoms with E-state index in [9.17, 15) is 4.79 Å². The number of benzene rings is 1. The van der Waals surface area contributed by atoms with Crippen LogP contribution in [0.4, 0.5) is 0 Å². The predicted octanol–water partition coefficient (Wildman–Crippen LogP) is 4.65. The summed E-state index contributed by atoms with van der Waals surface area (Å²) in [4.78, 5) is 12.2. The molecule has 1 aromatic carbocycles. The Morgan fingerprint density at radius 3 is 2.50 bits per heavy atom. The van der Waals surface area contributed by atoms with Crippen molar-refractivity contribution in [3.63, 3.8) is 0 Å². The number of nitrogens with one attached hydrogen (secondary N) is 1. The van der Waals surface area contributed by atoms with Gasteiger partial charge in [-0.1, -0.05) is 30.9 Å². The van der Waals surface area contributed by atoms with E-state index >= 15 is 0 Å². The molecule has 0 aromatic heterocycles. The Kier molecular flexibility index (Phi) is 5.99. The first-order valence-electron chi connectivity index (χ1n) is 7.01. The van der Waals surface area contributed by atoms with Crippen molar-refractivity contribution in [2.45, 2.75) is 38.1 Å². The van der Waals surface area contributed by atoms with Gasteiger partial charge in [-0.15, -0.1) is 11.8 Å². The zero-order valence-corrected chi connectivity index (χ0v) is 13.3. The number of ketones is 1. The van der Waals surface area contributed by atoms with Crippen molar-refractivity contribution in [3.8, 4) is 0 Å². The van der Waals surface area contributed by atoms with Gasteiger partial charge < -0.3 is 5.32 Å². The minimum atomic E-state index is 0.0225. The second kappa shape index (κ2) is 7.75. The number of carbonyl (C=O) groups excluding carboxylic acids is 1. The zero-order valence-electron chi connectivity index (χ0n) is 11.7. The van der Waals surface area contributed by atoms with Crippen LogP contribution in [0.5, 0.6) is 0 Å². The fraction of sp³-hybridized carbons (Fsp3) is 0.438. The molecule has 2 rings (SSSR count). The molecule has 0 radical (unpaired) electrons. The maximum Gasteiger partial charge on any atom is 0.188 e. The van der Waals surface area contributed by atoms with Gasteiger partial charge in [-0.3, -0.25) is 4.79 Å². The summed E-state index contributed by atoms with van der Waals surface area (Å²) in [5, 5.41) is 5.10. The molecule has 20 heavy (non-hydrogen) atoms. The number of rotatable bonds is 5. The van der Waals surface area contributed by atoms with Crippen molar-refractivity contribution in [2.75, 3.05) is 6.26 Å². The van der Waals surface area contributed by atoms with E-state index in [0.29, 0.717) is 16.6 Å². The van der Waals surface area contributed by atoms with E-state index in [2.05, 4.69) is 5.32 Å². The predicted molar refractivity (Wildman–Crippen MR) is 87.4 cm³/mol. The number of allylic oxidation sites excluding steroid dienone is 1. The van der Waals surface area contributed by atoms with E-state index < -0.39 is 0 Å². The van der Waals surface area contributed by atoms with E-state index in [4.69, 9.17) is 11.6 Å². The summed E-state index contributed by atoms with van der Waals surface area (Å²) < 4.78 is 0. The van der Waals surface area contributed by atoms with Gasteiger partial charge in [-0.2, -0.15) is 0 Å². The van der Waals surface area contributed by atoms with Gasteiger partial charge >= 0.3 is 0 Å². The highest BCUT2D eigenvalue weighted by Gasteiger charge is 2.14. The Balaban J connectivity index is 2.01. The molecule has 1 aromatic rings. The van der Waals surface area contributed by atoms with Gasteiger partial charge in [0.05, 0.1) is 5.03 Å². The summed E-state index contributed by atoms with van der Waals surface area (Å²) >= 11 is 7.43. The van der Waals surface area contributed by atoms with Crippen LogP contribution in [0.15, 0.2) is 35.4 Å². The third kappa shape index (κ3) is 4.57. The molecule has 2 nitrogen and oxygen atoms in total. The number of hydrogen-bond acceptors (Lipinski definition) is 3. The third-order valence-electron chi connectivity index (χ3n) is 3.56. The SMILES string of the molecule is CS/C(=C\C(=O)c1ccc(Cl)cc1)NC1CCCCC1. The molecule has 0 amide bonds. The molecule has 1 saturated carbocycles. The Morgan fingerprint density at radius 2 is 1.90 bits per heavy atom. The van der Waals surface area contributed by atoms with E-state index in [1.165, 1.54) is 32.1 Å². The van der Waals surface area contributed by atoms with E-state index in [-0.39, 0.29) is 5.78 Å². The molecule has 0 aliphatic heterocycles. The lowest BCUT2D eigenvalue weighted by atomic mass is 9.96. The molecule has 0 spiro atoms. The fourth-order valence-corrected chi connectivity index (χ4v) is 3.06. The summed E-state index contributed by atoms with van der Waals surface area (Å²) in [6.07, 6.45) is 9.99. The number of thioether (sulfide) groups is 1. The second-order valence-electron chi connectivity index (χ2n) is 5.06. The van der Waals surface area contributed by atoms with Crippen LogP contribution in [-0.4, -0.2) is 18.1 Å². The van der Waals surface area contributed by atoms with Crippen molar-refractivity contribution in [1.82, 2.24) is 5.32 Å². The molecule has 4 heteroatoms. The van der Waals surface area contributed by atoms with Crippen LogP contribution in [0.3, 0.4) is 0 Å². The molecule has 1 aliphatic carbocycles. The minimum Gasteiger partial charge on any atom is -0.377 e. The number of halogens is 1. The van der Waals surface area contributed by atoms with Crippen LogP contribution >= 0.6 is 23.4 Å². The highest BCUT2D eigenvalue weighted by atomic mass is 35.5. The molecule has 0 atom stereocenters. The van der Waals surface area contributed by atoms with Crippen LogP contribution in [0, 0.1) is 0 Å². The quantitative estimate of drug-likeness (QED) is 0.634. The van der Waals surface area contributed by atoms with Gasteiger partial charge in [0.15, 0.2) is 5.78 Å². The number of carbonyl (C=O) groups is 1. The topological polar surface area (TPSA) is 29.1 Å². The van der Waals surface area contributed by atoms with E-state index in [0.717, 1.165) is 5.03 Å². The highest BCUT2D eigenvalue weighted by molar-refractivity contribution is 8.02. The van der Waals surface area contributed by atoms with Gasteiger partial charge in [-0.25, -0.2) is 0 Å². The summed E-state index contributed by atoms with van der Waals surface area (Å²) in [6.45, 7) is 0. The molecule has 1 N–H and O–H groups in total. The largest absolute Gasteiger partial charge is 0.377 e. The fourth-order valence-electron chi connectivity index (χ4n) is 2.42. The van der Waals surface area contributed by atoms with Gasteiger partial charge in [0, 0.05) is 22.7 Å². The van der Waals surface area contributed by atoms with Crippen LogP contribution in [0.25, 0.3) is 0 Å². The molecule has 1 aliphatic rings. The zero-order chi connectivity index (χ0) is 14.4. The second-order valence-corrected chi connectivity index (χ2v) is 6.35. The van der Waals surface area contributed by atoms with Crippen molar-refractivity contribution >= 4 is 29.1 Å². The Bertz CT molecular complexity index is 478. The highest BCUT2D eigenvalue weighted by Crippen LogP contribution is 2.21. The number of hydrogen-bond donors (Lipinski definition) is 1. The minimum absolute atomic E-state index is 0.0225. The maximum absolute atomic E-state index is 12.2. The smallest absolute Gasteiger partial charge is 0.188 e. The normalized spacial score (nSPS) is 17.0. The maximum atomic E-state index is 12.2. The summed E-state index contributed by atoms with van der Waals surface area (Å²) in [5.41, 5.74) is 0.673. The molecular weight excluding hydrogens is 290 g/mol. The van der Waals surface area contributed by atoms with Crippen LogP contribution in [0.2, 0.25) is 5.02 Å². The van der Waals surface area contributed by atoms with Gasteiger partial charge in [-0.05, 0) is 43.4 Å². The van der Waals surface area contributed by atoms with Gasteiger partial charge in [0.2, 0.25) is 0 Å². The van der Waals surface area contributed by atoms with Crippen molar-refractivity contribution < 1.29 is 4.79 Å². The average molecular weight is 310 g/mol. The molecule has 108 valence electrons. The standard InChI is InChI=1S/C16H20ClNOS/c1-20-16(18-14-5-3-2-4-6-14)11-15(19)12-7-9-13(17)10-8-12/h7-11,14,18H,2-6H2,1H3/b16-11-. The van der Waals surface area contributed by atoms with Gasteiger partial charge in [0.1, 0.15) is 0 Å². The van der Waals surface area contributed by atoms with Crippen LogP contribution < -0.4 is 5.32 Å². The molecular formula is C16H20ClNOS. The van der Waals surface area contributed by atoms with Crippen molar-refractivity contribution in [2.24, 2.45) is 0 Å². The Labute approximate surface area is 130 Å². The van der Waals surface area contributed by atoms with Crippen molar-refractivity contribution in [3.05, 3.63) is 46.0 Å². The molecule has 0 saturated heterocycles. The average Bonchev–Trinajstić information content (AvgIpc) is 2.48. The molecule has 0 heterocycles. The van der Waals surface area contributed by atoms with Crippen molar-refractivity contribution in [1.29, 1.82) is 0 Å². The molecule has 0 bridgehead atoms.